The van der Waals surface area contributed by atoms with Crippen LogP contribution in [0.3, 0.4) is 0 Å². The highest BCUT2D eigenvalue weighted by atomic mass is 35.5. The van der Waals surface area contributed by atoms with Crippen molar-refractivity contribution in [2.75, 3.05) is 12.4 Å². The normalized spacial score (nSPS) is 27.5. The summed E-state index contributed by atoms with van der Waals surface area (Å²) < 4.78 is 5.39. The Hall–Kier alpha value is -1.24. The van der Waals surface area contributed by atoms with Gasteiger partial charge in [-0.05, 0) is 43.5 Å². The highest BCUT2D eigenvalue weighted by molar-refractivity contribution is 6.30. The van der Waals surface area contributed by atoms with E-state index in [1.54, 1.807) is 7.11 Å². The summed E-state index contributed by atoms with van der Waals surface area (Å²) in [5.74, 6) is 0. The van der Waals surface area contributed by atoms with Crippen LogP contribution in [0.2, 0.25) is 5.02 Å². The van der Waals surface area contributed by atoms with Gasteiger partial charge >= 0.3 is 0 Å². The van der Waals surface area contributed by atoms with Gasteiger partial charge in [-0.3, -0.25) is 0 Å². The number of nitrogens with zero attached hydrogens (tertiary/aromatic N) is 1. The number of anilines is 1. The van der Waals surface area contributed by atoms with Crippen LogP contribution in [0.1, 0.15) is 25.7 Å². The molecular weight excluding hydrogens is 248 g/mol. The molecule has 18 heavy (non-hydrogen) atoms. The fourth-order valence-electron chi connectivity index (χ4n) is 2.48. The zero-order valence-corrected chi connectivity index (χ0v) is 11.2. The van der Waals surface area contributed by atoms with Gasteiger partial charge in [0.1, 0.15) is 5.54 Å². The monoisotopic (exact) mass is 264 g/mol. The second-order valence-corrected chi connectivity index (χ2v) is 5.22. The molecular formula is C14H17ClN2O. The lowest BCUT2D eigenvalue weighted by atomic mass is 9.81. The maximum absolute atomic E-state index is 9.48. The number of methoxy groups -OCH3 is 1. The van der Waals surface area contributed by atoms with Crippen molar-refractivity contribution >= 4 is 17.3 Å². The molecule has 1 aliphatic carbocycles. The van der Waals surface area contributed by atoms with E-state index >= 15 is 0 Å². The standard InChI is InChI=1S/C14H17ClN2O/c1-18-13-3-2-8-14(9-13,10-16)17-12-6-4-11(15)5-7-12/h4-7,13,17H,2-3,8-9H2,1H3. The molecule has 1 aliphatic rings. The number of hydrogen-bond acceptors (Lipinski definition) is 3. The minimum atomic E-state index is -0.521. The van der Waals surface area contributed by atoms with Crippen molar-refractivity contribution in [1.82, 2.24) is 0 Å². The van der Waals surface area contributed by atoms with Gasteiger partial charge in [-0.15, -0.1) is 0 Å². The van der Waals surface area contributed by atoms with Crippen molar-refractivity contribution in [3.8, 4) is 6.07 Å². The molecule has 1 aromatic rings. The Bertz CT molecular complexity index is 440. The molecule has 2 atom stereocenters. The molecule has 0 bridgehead atoms. The van der Waals surface area contributed by atoms with E-state index in [-0.39, 0.29) is 6.10 Å². The number of rotatable bonds is 3. The van der Waals surface area contributed by atoms with Crippen molar-refractivity contribution in [1.29, 1.82) is 5.26 Å². The van der Waals surface area contributed by atoms with Crippen molar-refractivity contribution in [3.63, 3.8) is 0 Å². The summed E-state index contributed by atoms with van der Waals surface area (Å²) in [6.45, 7) is 0. The van der Waals surface area contributed by atoms with E-state index in [0.29, 0.717) is 5.02 Å². The van der Waals surface area contributed by atoms with Crippen LogP contribution in [-0.2, 0) is 4.74 Å². The summed E-state index contributed by atoms with van der Waals surface area (Å²) in [4.78, 5) is 0. The van der Waals surface area contributed by atoms with E-state index in [9.17, 15) is 5.26 Å². The summed E-state index contributed by atoms with van der Waals surface area (Å²) in [5, 5.41) is 13.5. The third-order valence-electron chi connectivity index (χ3n) is 3.48. The van der Waals surface area contributed by atoms with Crippen LogP contribution in [-0.4, -0.2) is 18.8 Å². The largest absolute Gasteiger partial charge is 0.381 e. The fraction of sp³-hybridized carbons (Fsp3) is 0.500. The predicted octanol–water partition coefficient (Wildman–Crippen LogP) is 3.60. The lowest BCUT2D eigenvalue weighted by Crippen LogP contribution is -2.43. The van der Waals surface area contributed by atoms with Crippen LogP contribution in [0.15, 0.2) is 24.3 Å². The molecule has 1 fully saturated rings. The van der Waals surface area contributed by atoms with Crippen LogP contribution >= 0.6 is 11.6 Å². The lowest BCUT2D eigenvalue weighted by molar-refractivity contribution is 0.0569. The molecule has 1 saturated carbocycles. The molecule has 0 saturated heterocycles. The van der Waals surface area contributed by atoms with E-state index in [1.807, 2.05) is 24.3 Å². The van der Waals surface area contributed by atoms with Crippen LogP contribution < -0.4 is 5.32 Å². The van der Waals surface area contributed by atoms with Gasteiger partial charge < -0.3 is 10.1 Å². The van der Waals surface area contributed by atoms with E-state index in [1.165, 1.54) is 0 Å². The molecule has 0 aromatic heterocycles. The number of benzene rings is 1. The molecule has 0 aliphatic heterocycles. The number of nitrogens with one attached hydrogen (secondary N) is 1. The van der Waals surface area contributed by atoms with Crippen molar-refractivity contribution in [2.24, 2.45) is 0 Å². The zero-order valence-electron chi connectivity index (χ0n) is 10.4. The maximum Gasteiger partial charge on any atom is 0.127 e. The Morgan fingerprint density at radius 1 is 1.44 bits per heavy atom. The Kier molecular flexibility index (Phi) is 4.11. The predicted molar refractivity (Wildman–Crippen MR) is 72.7 cm³/mol. The minimum Gasteiger partial charge on any atom is -0.381 e. The lowest BCUT2D eigenvalue weighted by Gasteiger charge is -2.36. The van der Waals surface area contributed by atoms with Crippen molar-refractivity contribution in [2.45, 2.75) is 37.3 Å². The highest BCUT2D eigenvalue weighted by Gasteiger charge is 2.36. The van der Waals surface area contributed by atoms with Gasteiger partial charge in [0.05, 0.1) is 12.2 Å². The molecule has 0 heterocycles. The van der Waals surface area contributed by atoms with E-state index < -0.39 is 5.54 Å². The average molecular weight is 265 g/mol. The first-order valence-electron chi connectivity index (χ1n) is 6.15. The summed E-state index contributed by atoms with van der Waals surface area (Å²) >= 11 is 5.86. The maximum atomic E-state index is 9.48. The molecule has 0 radical (unpaired) electrons. The molecule has 2 rings (SSSR count). The fourth-order valence-corrected chi connectivity index (χ4v) is 2.60. The highest BCUT2D eigenvalue weighted by Crippen LogP contribution is 2.32. The Morgan fingerprint density at radius 3 is 2.78 bits per heavy atom. The Labute approximate surface area is 113 Å². The molecule has 1 N–H and O–H groups in total. The number of hydrogen-bond donors (Lipinski definition) is 1. The van der Waals surface area contributed by atoms with Gasteiger partial charge in [0.2, 0.25) is 0 Å². The van der Waals surface area contributed by atoms with Crippen LogP contribution in [0, 0.1) is 11.3 Å². The minimum absolute atomic E-state index is 0.165. The summed E-state index contributed by atoms with van der Waals surface area (Å²) in [6.07, 6.45) is 3.78. The van der Waals surface area contributed by atoms with Crippen LogP contribution in [0.4, 0.5) is 5.69 Å². The second-order valence-electron chi connectivity index (χ2n) is 4.78. The van der Waals surface area contributed by atoms with E-state index in [0.717, 1.165) is 31.4 Å². The molecule has 1 aromatic carbocycles. The quantitative estimate of drug-likeness (QED) is 0.907. The molecule has 96 valence electrons. The molecule has 0 spiro atoms. The molecule has 0 amide bonds. The molecule has 3 nitrogen and oxygen atoms in total. The van der Waals surface area contributed by atoms with Gasteiger partial charge in [-0.1, -0.05) is 11.6 Å². The molecule has 2 unspecified atom stereocenters. The summed E-state index contributed by atoms with van der Waals surface area (Å²) in [7, 11) is 1.71. The van der Waals surface area contributed by atoms with E-state index in [2.05, 4.69) is 11.4 Å². The first-order chi connectivity index (χ1) is 8.67. The molecule has 4 heteroatoms. The van der Waals surface area contributed by atoms with Crippen LogP contribution in [0.5, 0.6) is 0 Å². The van der Waals surface area contributed by atoms with Gasteiger partial charge in [0.25, 0.3) is 0 Å². The SMILES string of the molecule is COC1CCCC(C#N)(Nc2ccc(Cl)cc2)C1. The third-order valence-corrected chi connectivity index (χ3v) is 3.73. The van der Waals surface area contributed by atoms with Crippen LogP contribution in [0.25, 0.3) is 0 Å². The average Bonchev–Trinajstić information content (AvgIpc) is 2.42. The van der Waals surface area contributed by atoms with Gasteiger partial charge in [0.15, 0.2) is 0 Å². The third kappa shape index (κ3) is 2.95. The smallest absolute Gasteiger partial charge is 0.127 e. The van der Waals surface area contributed by atoms with Crippen molar-refractivity contribution in [3.05, 3.63) is 29.3 Å². The topological polar surface area (TPSA) is 45.0 Å². The zero-order chi connectivity index (χ0) is 13.0. The second kappa shape index (κ2) is 5.60. The Morgan fingerprint density at radius 2 is 2.17 bits per heavy atom. The van der Waals surface area contributed by atoms with E-state index in [4.69, 9.17) is 16.3 Å². The first-order valence-corrected chi connectivity index (χ1v) is 6.53. The Balaban J connectivity index is 2.13. The number of halogens is 1. The summed E-state index contributed by atoms with van der Waals surface area (Å²) in [6, 6.07) is 9.87. The summed E-state index contributed by atoms with van der Waals surface area (Å²) in [5.41, 5.74) is 0.407. The van der Waals surface area contributed by atoms with Gasteiger partial charge in [-0.2, -0.15) is 5.26 Å². The van der Waals surface area contributed by atoms with Gasteiger partial charge in [0, 0.05) is 24.2 Å². The van der Waals surface area contributed by atoms with Crippen molar-refractivity contribution < 1.29 is 4.74 Å². The van der Waals surface area contributed by atoms with Gasteiger partial charge in [-0.25, -0.2) is 0 Å². The first kappa shape index (κ1) is 13.2. The number of ether oxygens (including phenoxy) is 1. The number of nitriles is 1.